The van der Waals surface area contributed by atoms with Gasteiger partial charge in [0.1, 0.15) is 12.1 Å². The summed E-state index contributed by atoms with van der Waals surface area (Å²) in [5.74, 6) is 4.28. The molecular weight excluding hydrogens is 513 g/mol. The van der Waals surface area contributed by atoms with Crippen LogP contribution in [-0.4, -0.2) is 27.3 Å². The van der Waals surface area contributed by atoms with Gasteiger partial charge < -0.3 is 15.6 Å². The Morgan fingerprint density at radius 1 is 1.33 bits per heavy atom. The zero-order chi connectivity index (χ0) is 29.7. The third-order valence-electron chi connectivity index (χ3n) is 7.04. The molecule has 0 spiro atoms. The fourth-order valence-corrected chi connectivity index (χ4v) is 5.30. The zero-order valence-corrected chi connectivity index (χ0v) is 24.8. The van der Waals surface area contributed by atoms with Gasteiger partial charge >= 0.3 is 5.97 Å². The standard InChI is InChI=1S/C31H38FN3O3S/c1-10-11-23(32)14-25-20(4)19(3)12-13-24(25)28-34-21(5)26(27(33)35-28)31(9,17-36)22(6)39-16-18(2)15-30(7,8)29(37)38/h13-14,16-17,19H,6,12,15H2,1-5,7-9H3,(H,37,38)(H2,33,34,35)/b18-16+,23-14+. The normalized spacial score (nSPS) is 18.1. The van der Waals surface area contributed by atoms with Crippen molar-refractivity contribution in [2.24, 2.45) is 11.3 Å². The number of aldehydes is 1. The lowest BCUT2D eigenvalue weighted by Crippen LogP contribution is -2.29. The molecule has 0 aromatic carbocycles. The van der Waals surface area contributed by atoms with Gasteiger partial charge in [-0.2, -0.15) is 4.39 Å². The highest BCUT2D eigenvalue weighted by Crippen LogP contribution is 2.42. The number of aromatic nitrogens is 2. The van der Waals surface area contributed by atoms with Crippen molar-refractivity contribution in [3.63, 3.8) is 0 Å². The van der Waals surface area contributed by atoms with Crippen LogP contribution in [0.5, 0.6) is 0 Å². The Hall–Kier alpha value is -3.44. The highest BCUT2D eigenvalue weighted by Gasteiger charge is 2.36. The SMILES string of the molecule is C=C(S/C=C(\C)CC(C)(C)C(=O)O)C(C)(C=O)c1c(C)nc(C2=CCC(C)C(C)=C2/C=C(/F)C#CC)nc1N. The molecule has 1 aliphatic carbocycles. The van der Waals surface area contributed by atoms with Gasteiger partial charge in [0, 0.05) is 16.8 Å². The summed E-state index contributed by atoms with van der Waals surface area (Å²) in [5, 5.41) is 11.2. The van der Waals surface area contributed by atoms with E-state index in [-0.39, 0.29) is 11.7 Å². The fourth-order valence-electron chi connectivity index (χ4n) is 4.47. The second-order valence-corrected chi connectivity index (χ2v) is 11.8. The van der Waals surface area contributed by atoms with Gasteiger partial charge in [-0.05, 0) is 95.1 Å². The van der Waals surface area contributed by atoms with Crippen molar-refractivity contribution in [1.29, 1.82) is 0 Å². The fraction of sp³-hybridized carbons (Fsp3) is 0.419. The first-order chi connectivity index (χ1) is 18.1. The Bertz CT molecular complexity index is 1350. The van der Waals surface area contributed by atoms with Gasteiger partial charge in [-0.25, -0.2) is 9.97 Å². The number of hydrogen-bond donors (Lipinski definition) is 2. The van der Waals surface area contributed by atoms with Gasteiger partial charge in [0.05, 0.1) is 10.8 Å². The number of hydrogen-bond acceptors (Lipinski definition) is 6. The minimum Gasteiger partial charge on any atom is -0.481 e. The molecule has 0 radical (unpaired) electrons. The molecule has 2 unspecified atom stereocenters. The van der Waals surface area contributed by atoms with E-state index in [1.54, 1.807) is 34.6 Å². The summed E-state index contributed by atoms with van der Waals surface area (Å²) in [6, 6.07) is 0. The van der Waals surface area contributed by atoms with Crippen LogP contribution in [0.2, 0.25) is 0 Å². The van der Waals surface area contributed by atoms with Crippen molar-refractivity contribution in [1.82, 2.24) is 9.97 Å². The average Bonchev–Trinajstić information content (AvgIpc) is 2.84. The summed E-state index contributed by atoms with van der Waals surface area (Å²) in [5.41, 5.74) is 8.48. The quantitative estimate of drug-likeness (QED) is 0.236. The van der Waals surface area contributed by atoms with Crippen LogP contribution in [0.4, 0.5) is 10.2 Å². The Morgan fingerprint density at radius 2 is 1.97 bits per heavy atom. The Kier molecular flexibility index (Phi) is 10.3. The molecule has 0 fully saturated rings. The monoisotopic (exact) mass is 551 g/mol. The molecule has 1 aromatic rings. The maximum Gasteiger partial charge on any atom is 0.309 e. The third-order valence-corrected chi connectivity index (χ3v) is 8.27. The van der Waals surface area contributed by atoms with Crippen molar-refractivity contribution in [3.8, 4) is 11.8 Å². The van der Waals surface area contributed by atoms with Crippen LogP contribution in [0, 0.1) is 30.1 Å². The van der Waals surface area contributed by atoms with Crippen LogP contribution in [0.3, 0.4) is 0 Å². The second kappa shape index (κ2) is 12.6. The van der Waals surface area contributed by atoms with Crippen LogP contribution in [0.15, 0.2) is 51.6 Å². The van der Waals surface area contributed by atoms with Crippen LogP contribution in [-0.2, 0) is 15.0 Å². The molecule has 1 aliphatic rings. The van der Waals surface area contributed by atoms with E-state index >= 15 is 0 Å². The van der Waals surface area contributed by atoms with Crippen LogP contribution in [0.1, 0.15) is 78.4 Å². The smallest absolute Gasteiger partial charge is 0.309 e. The molecule has 0 aliphatic heterocycles. The number of carbonyl (C=O) groups is 2. The van der Waals surface area contributed by atoms with E-state index in [9.17, 15) is 19.1 Å². The average molecular weight is 552 g/mol. The first kappa shape index (κ1) is 31.8. The Balaban J connectivity index is 2.50. The van der Waals surface area contributed by atoms with E-state index in [0.29, 0.717) is 39.6 Å². The lowest BCUT2D eigenvalue weighted by Gasteiger charge is -2.28. The largest absolute Gasteiger partial charge is 0.481 e. The molecule has 2 atom stereocenters. The minimum absolute atomic E-state index is 0.135. The third kappa shape index (κ3) is 7.15. The summed E-state index contributed by atoms with van der Waals surface area (Å²) in [6.07, 6.45) is 5.25. The first-order valence-electron chi connectivity index (χ1n) is 12.7. The summed E-state index contributed by atoms with van der Waals surface area (Å²) >= 11 is 1.25. The number of carbonyl (C=O) groups excluding carboxylic acids is 1. The number of allylic oxidation sites excluding steroid dienone is 8. The number of carboxylic acid groups (broad SMARTS) is 1. The molecule has 0 amide bonds. The van der Waals surface area contributed by atoms with Crippen molar-refractivity contribution in [2.45, 2.75) is 73.6 Å². The van der Waals surface area contributed by atoms with Gasteiger partial charge in [0.2, 0.25) is 0 Å². The summed E-state index contributed by atoms with van der Waals surface area (Å²) in [7, 11) is 0. The van der Waals surface area contributed by atoms with Gasteiger partial charge in [-0.15, -0.1) is 11.8 Å². The van der Waals surface area contributed by atoms with Crippen LogP contribution in [0.25, 0.3) is 5.57 Å². The number of nitrogens with zero attached hydrogens (tertiary/aromatic N) is 2. The van der Waals surface area contributed by atoms with Gasteiger partial charge in [0.25, 0.3) is 0 Å². The summed E-state index contributed by atoms with van der Waals surface area (Å²) in [4.78, 5) is 33.7. The van der Waals surface area contributed by atoms with E-state index in [0.717, 1.165) is 23.9 Å². The number of anilines is 1. The second-order valence-electron chi connectivity index (χ2n) is 10.8. The van der Waals surface area contributed by atoms with Crippen molar-refractivity contribution < 1.29 is 19.1 Å². The summed E-state index contributed by atoms with van der Waals surface area (Å²) in [6.45, 7) is 18.4. The molecule has 0 bridgehead atoms. The van der Waals surface area contributed by atoms with Gasteiger partial charge in [-0.3, -0.25) is 4.79 Å². The van der Waals surface area contributed by atoms with E-state index in [1.807, 2.05) is 25.3 Å². The van der Waals surface area contributed by atoms with E-state index in [2.05, 4.69) is 30.3 Å². The van der Waals surface area contributed by atoms with Gasteiger partial charge in [0.15, 0.2) is 11.7 Å². The highest BCUT2D eigenvalue weighted by atomic mass is 32.2. The number of nitrogens with two attached hydrogens (primary N) is 1. The maximum atomic E-state index is 14.4. The number of rotatable bonds is 10. The molecule has 2 rings (SSSR count). The van der Waals surface area contributed by atoms with Crippen LogP contribution >= 0.6 is 11.8 Å². The number of thioether (sulfide) groups is 1. The minimum atomic E-state index is -1.21. The molecular formula is C31H38FN3O3S. The number of aryl methyl sites for hydroxylation is 1. The first-order valence-corrected chi connectivity index (χ1v) is 13.5. The number of halogens is 1. The Morgan fingerprint density at radius 3 is 2.51 bits per heavy atom. The van der Waals surface area contributed by atoms with Crippen molar-refractivity contribution >= 4 is 35.4 Å². The molecule has 1 heterocycles. The molecule has 39 heavy (non-hydrogen) atoms. The lowest BCUT2D eigenvalue weighted by molar-refractivity contribution is -0.146. The molecule has 0 saturated heterocycles. The number of aliphatic carboxylic acids is 1. The molecule has 0 saturated carbocycles. The van der Waals surface area contributed by atoms with E-state index in [4.69, 9.17) is 10.7 Å². The molecule has 3 N–H and O–H groups in total. The van der Waals surface area contributed by atoms with Crippen LogP contribution < -0.4 is 5.73 Å². The topological polar surface area (TPSA) is 106 Å². The zero-order valence-electron chi connectivity index (χ0n) is 24.0. The maximum absolute atomic E-state index is 14.4. The van der Waals surface area contributed by atoms with Gasteiger partial charge in [-0.1, -0.05) is 36.6 Å². The number of nitrogen functional groups attached to an aromatic ring is 1. The predicted octanol–water partition coefficient (Wildman–Crippen LogP) is 7.09. The molecule has 208 valence electrons. The van der Waals surface area contributed by atoms with Crippen molar-refractivity contribution in [3.05, 3.63) is 68.7 Å². The molecule has 6 nitrogen and oxygen atoms in total. The van der Waals surface area contributed by atoms with E-state index in [1.165, 1.54) is 17.8 Å². The number of carboxylic acids is 1. The van der Waals surface area contributed by atoms with Crippen molar-refractivity contribution in [2.75, 3.05) is 5.73 Å². The lowest BCUT2D eigenvalue weighted by atomic mass is 9.82. The predicted molar refractivity (Wildman–Crippen MR) is 158 cm³/mol. The Labute approximate surface area is 235 Å². The van der Waals surface area contributed by atoms with E-state index < -0.39 is 22.6 Å². The molecule has 8 heteroatoms. The summed E-state index contributed by atoms with van der Waals surface area (Å²) < 4.78 is 14.4. The highest BCUT2D eigenvalue weighted by molar-refractivity contribution is 8.05. The molecule has 1 aromatic heterocycles.